The minimum atomic E-state index is -0.176. The molecule has 4 heterocycles. The Morgan fingerprint density at radius 3 is 3.04 bits per heavy atom. The summed E-state index contributed by atoms with van der Waals surface area (Å²) in [6.45, 7) is 1.11. The number of hydrogen-bond acceptors (Lipinski definition) is 6. The first-order valence-corrected chi connectivity index (χ1v) is 8.84. The maximum atomic E-state index is 12.5. The van der Waals surface area contributed by atoms with E-state index in [1.54, 1.807) is 16.2 Å². The zero-order valence-electron chi connectivity index (χ0n) is 13.3. The summed E-state index contributed by atoms with van der Waals surface area (Å²) >= 11 is 1.56. The Kier molecular flexibility index (Phi) is 4.10. The van der Waals surface area contributed by atoms with Gasteiger partial charge in [-0.15, -0.1) is 0 Å². The van der Waals surface area contributed by atoms with Gasteiger partial charge < -0.3 is 9.88 Å². The van der Waals surface area contributed by atoms with Crippen LogP contribution in [0.4, 0.5) is 0 Å². The van der Waals surface area contributed by atoms with E-state index in [0.29, 0.717) is 30.3 Å². The van der Waals surface area contributed by atoms with Gasteiger partial charge in [-0.2, -0.15) is 11.3 Å². The Morgan fingerprint density at radius 1 is 1.36 bits per heavy atom. The summed E-state index contributed by atoms with van der Waals surface area (Å²) in [5, 5.41) is 3.92. The minimum Gasteiger partial charge on any atom is -0.337 e. The van der Waals surface area contributed by atoms with Crippen molar-refractivity contribution in [1.82, 2.24) is 24.8 Å². The molecule has 8 heteroatoms. The molecule has 0 bridgehead atoms. The van der Waals surface area contributed by atoms with E-state index < -0.39 is 0 Å². The molecule has 7 nitrogen and oxygen atoms in total. The van der Waals surface area contributed by atoms with Crippen LogP contribution in [0.25, 0.3) is 11.3 Å². The average molecular weight is 353 g/mol. The molecule has 3 aromatic heterocycles. The highest BCUT2D eigenvalue weighted by molar-refractivity contribution is 7.08. The van der Waals surface area contributed by atoms with Gasteiger partial charge in [0.1, 0.15) is 11.5 Å². The van der Waals surface area contributed by atoms with Crippen molar-refractivity contribution < 1.29 is 4.79 Å². The molecule has 0 saturated carbocycles. The molecule has 3 aromatic rings. The second kappa shape index (κ2) is 6.56. The van der Waals surface area contributed by atoms with Gasteiger partial charge in [-0.3, -0.25) is 14.6 Å². The molecule has 0 unspecified atom stereocenters. The van der Waals surface area contributed by atoms with Gasteiger partial charge >= 0.3 is 0 Å². The maximum absolute atomic E-state index is 12.5. The molecule has 0 spiro atoms. The molecule has 1 amide bonds. The number of aromatic amines is 1. The van der Waals surface area contributed by atoms with Crippen LogP contribution in [-0.2, 0) is 0 Å². The Labute approximate surface area is 147 Å². The van der Waals surface area contributed by atoms with Crippen LogP contribution in [0, 0.1) is 0 Å². The molecule has 1 fully saturated rings. The number of thiophene rings is 1. The van der Waals surface area contributed by atoms with Gasteiger partial charge in [-0.1, -0.05) is 0 Å². The third kappa shape index (κ3) is 3.20. The molecule has 4 rings (SSSR count). The van der Waals surface area contributed by atoms with Crippen molar-refractivity contribution in [3.05, 3.63) is 63.4 Å². The number of likely N-dealkylation sites (tertiary alicyclic amines) is 1. The highest BCUT2D eigenvalue weighted by atomic mass is 32.1. The number of H-pyrrole nitrogens is 1. The van der Waals surface area contributed by atoms with Crippen LogP contribution in [0.1, 0.15) is 28.7 Å². The summed E-state index contributed by atoms with van der Waals surface area (Å²) in [5.41, 5.74) is 1.75. The monoisotopic (exact) mass is 353 g/mol. The number of rotatable bonds is 3. The van der Waals surface area contributed by atoms with Crippen molar-refractivity contribution in [1.29, 1.82) is 0 Å². The fourth-order valence-electron chi connectivity index (χ4n) is 2.97. The van der Waals surface area contributed by atoms with E-state index >= 15 is 0 Å². The summed E-state index contributed by atoms with van der Waals surface area (Å²) < 4.78 is 0. The lowest BCUT2D eigenvalue weighted by atomic mass is 10.1. The van der Waals surface area contributed by atoms with E-state index in [0.717, 1.165) is 12.0 Å². The van der Waals surface area contributed by atoms with Crippen LogP contribution in [-0.4, -0.2) is 43.8 Å². The standard InChI is InChI=1S/C17H15N5O2S/c23-15-7-13(12-2-6-25-10-12)20-16(21-15)11-1-5-22(9-11)17(24)14-8-18-3-4-19-14/h2-4,6-8,10-11H,1,5,9H2,(H,20,21,23)/t11-/m1/s1. The van der Waals surface area contributed by atoms with E-state index in [1.165, 1.54) is 24.7 Å². The van der Waals surface area contributed by atoms with Crippen molar-refractivity contribution in [2.45, 2.75) is 12.3 Å². The Bertz CT molecular complexity index is 939. The fourth-order valence-corrected chi connectivity index (χ4v) is 3.62. The highest BCUT2D eigenvalue weighted by Gasteiger charge is 2.30. The molecule has 1 atom stereocenters. The highest BCUT2D eigenvalue weighted by Crippen LogP contribution is 2.27. The third-order valence-electron chi connectivity index (χ3n) is 4.22. The molecule has 0 aliphatic carbocycles. The number of carbonyl (C=O) groups is 1. The van der Waals surface area contributed by atoms with Crippen LogP contribution >= 0.6 is 11.3 Å². The summed E-state index contributed by atoms with van der Waals surface area (Å²) in [6, 6.07) is 3.44. The molecule has 0 aromatic carbocycles. The van der Waals surface area contributed by atoms with Crippen molar-refractivity contribution in [3.8, 4) is 11.3 Å². The zero-order chi connectivity index (χ0) is 17.2. The van der Waals surface area contributed by atoms with Crippen LogP contribution < -0.4 is 5.56 Å². The predicted molar refractivity (Wildman–Crippen MR) is 93.5 cm³/mol. The second-order valence-corrected chi connectivity index (χ2v) is 6.64. The van der Waals surface area contributed by atoms with Crippen LogP contribution in [0.5, 0.6) is 0 Å². The molecule has 1 aliphatic rings. The Hall–Kier alpha value is -2.87. The van der Waals surface area contributed by atoms with Crippen LogP contribution in [0.15, 0.2) is 46.3 Å². The van der Waals surface area contributed by atoms with E-state index in [1.807, 2.05) is 16.8 Å². The number of carbonyl (C=O) groups excluding carboxylic acids is 1. The smallest absolute Gasteiger partial charge is 0.274 e. The van der Waals surface area contributed by atoms with Gasteiger partial charge in [-0.25, -0.2) is 9.97 Å². The second-order valence-electron chi connectivity index (χ2n) is 5.86. The van der Waals surface area contributed by atoms with Crippen molar-refractivity contribution in [3.63, 3.8) is 0 Å². The minimum absolute atomic E-state index is 0.00640. The number of nitrogens with one attached hydrogen (secondary N) is 1. The lowest BCUT2D eigenvalue weighted by molar-refractivity contribution is 0.0784. The van der Waals surface area contributed by atoms with Crippen molar-refractivity contribution in [2.75, 3.05) is 13.1 Å². The van der Waals surface area contributed by atoms with E-state index in [2.05, 4.69) is 19.9 Å². The Balaban J connectivity index is 1.56. The first-order chi connectivity index (χ1) is 12.2. The van der Waals surface area contributed by atoms with E-state index in [9.17, 15) is 9.59 Å². The zero-order valence-corrected chi connectivity index (χ0v) is 14.1. The van der Waals surface area contributed by atoms with Crippen molar-refractivity contribution in [2.24, 2.45) is 0 Å². The third-order valence-corrected chi connectivity index (χ3v) is 4.90. The molecule has 1 N–H and O–H groups in total. The van der Waals surface area contributed by atoms with Crippen LogP contribution in [0.2, 0.25) is 0 Å². The van der Waals surface area contributed by atoms with Crippen LogP contribution in [0.3, 0.4) is 0 Å². The molecule has 0 radical (unpaired) electrons. The summed E-state index contributed by atoms with van der Waals surface area (Å²) in [7, 11) is 0. The topological polar surface area (TPSA) is 91.8 Å². The fraction of sp³-hybridized carbons (Fsp3) is 0.235. The maximum Gasteiger partial charge on any atom is 0.274 e. The van der Waals surface area contributed by atoms with Gasteiger partial charge in [-0.05, 0) is 17.9 Å². The lowest BCUT2D eigenvalue weighted by Gasteiger charge is -2.15. The largest absolute Gasteiger partial charge is 0.337 e. The molecule has 1 saturated heterocycles. The van der Waals surface area contributed by atoms with Gasteiger partial charge in [0.15, 0.2) is 0 Å². The number of amides is 1. The quantitative estimate of drug-likeness (QED) is 0.777. The summed E-state index contributed by atoms with van der Waals surface area (Å²) in [5.74, 6) is 0.488. The van der Waals surface area contributed by atoms with Gasteiger partial charge in [0, 0.05) is 48.4 Å². The predicted octanol–water partition coefficient (Wildman–Crippen LogP) is 1.92. The molecule has 25 heavy (non-hydrogen) atoms. The Morgan fingerprint density at radius 2 is 2.28 bits per heavy atom. The first-order valence-electron chi connectivity index (χ1n) is 7.90. The van der Waals surface area contributed by atoms with Crippen molar-refractivity contribution >= 4 is 17.2 Å². The number of hydrogen-bond donors (Lipinski definition) is 1. The summed E-state index contributed by atoms with van der Waals surface area (Å²) in [6.07, 6.45) is 5.26. The first kappa shape index (κ1) is 15.6. The normalized spacial score (nSPS) is 17.0. The number of nitrogens with zero attached hydrogens (tertiary/aromatic N) is 4. The van der Waals surface area contributed by atoms with E-state index in [4.69, 9.17) is 0 Å². The van der Waals surface area contributed by atoms with E-state index in [-0.39, 0.29) is 17.4 Å². The SMILES string of the molecule is O=C(c1cnccn1)N1CC[C@@H](c2nc(-c3ccsc3)cc(=O)[nH]2)C1. The molecular formula is C17H15N5O2S. The van der Waals surface area contributed by atoms with Gasteiger partial charge in [0.2, 0.25) is 0 Å². The number of aromatic nitrogens is 4. The van der Waals surface area contributed by atoms with Gasteiger partial charge in [0.25, 0.3) is 11.5 Å². The molecule has 126 valence electrons. The molecular weight excluding hydrogens is 338 g/mol. The van der Waals surface area contributed by atoms with Gasteiger partial charge in [0.05, 0.1) is 11.9 Å². The lowest BCUT2D eigenvalue weighted by Crippen LogP contribution is -2.29. The average Bonchev–Trinajstić information content (AvgIpc) is 3.33. The summed E-state index contributed by atoms with van der Waals surface area (Å²) in [4.78, 5) is 41.6. The molecule has 1 aliphatic heterocycles.